The molecule has 4 heteroatoms. The number of hydrogen-bond acceptors (Lipinski definition) is 3. The summed E-state index contributed by atoms with van der Waals surface area (Å²) >= 11 is 0. The van der Waals surface area contributed by atoms with Gasteiger partial charge in [0.2, 0.25) is 5.91 Å². The van der Waals surface area contributed by atoms with E-state index in [-0.39, 0.29) is 11.9 Å². The summed E-state index contributed by atoms with van der Waals surface area (Å²) in [5, 5.41) is 3.37. The summed E-state index contributed by atoms with van der Waals surface area (Å²) in [5.74, 6) is 1.17. The molecule has 1 aliphatic heterocycles. The van der Waals surface area contributed by atoms with Gasteiger partial charge in [0.25, 0.3) is 0 Å². The molecule has 0 bridgehead atoms. The standard InChI is InChI=1S/C15H29N3O/c1-4-12-5-7-13(8-6-12)18-10-9-16-11-14(18)15(19)17(2)3/h12-14,16H,4-11H2,1-3H3. The summed E-state index contributed by atoms with van der Waals surface area (Å²) in [6.07, 6.45) is 6.54. The van der Waals surface area contributed by atoms with Crippen molar-refractivity contribution in [1.82, 2.24) is 15.1 Å². The van der Waals surface area contributed by atoms with Gasteiger partial charge in [0.05, 0.1) is 0 Å². The average Bonchev–Trinajstić information content (AvgIpc) is 2.46. The number of hydrogen-bond donors (Lipinski definition) is 1. The monoisotopic (exact) mass is 267 g/mol. The third-order valence-electron chi connectivity index (χ3n) is 4.87. The highest BCUT2D eigenvalue weighted by Gasteiger charge is 2.35. The normalized spacial score (nSPS) is 33.1. The lowest BCUT2D eigenvalue weighted by molar-refractivity contribution is -0.136. The molecule has 0 aromatic carbocycles. The second kappa shape index (κ2) is 6.71. The fraction of sp³-hybridized carbons (Fsp3) is 0.933. The van der Waals surface area contributed by atoms with Gasteiger partial charge in [0.1, 0.15) is 6.04 Å². The number of rotatable bonds is 3. The maximum Gasteiger partial charge on any atom is 0.240 e. The highest BCUT2D eigenvalue weighted by atomic mass is 16.2. The number of carbonyl (C=O) groups is 1. The lowest BCUT2D eigenvalue weighted by atomic mass is 9.83. The number of amides is 1. The van der Waals surface area contributed by atoms with Gasteiger partial charge in [-0.2, -0.15) is 0 Å². The predicted molar refractivity (Wildman–Crippen MR) is 78.1 cm³/mol. The van der Waals surface area contributed by atoms with Crippen LogP contribution in [-0.2, 0) is 4.79 Å². The predicted octanol–water partition coefficient (Wildman–Crippen LogP) is 1.32. The van der Waals surface area contributed by atoms with Crippen LogP contribution in [0.4, 0.5) is 0 Å². The molecule has 2 rings (SSSR count). The Morgan fingerprint density at radius 1 is 1.26 bits per heavy atom. The lowest BCUT2D eigenvalue weighted by Gasteiger charge is -2.44. The summed E-state index contributed by atoms with van der Waals surface area (Å²) in [7, 11) is 3.73. The van der Waals surface area contributed by atoms with Crippen LogP contribution in [0.2, 0.25) is 0 Å². The van der Waals surface area contributed by atoms with Crippen molar-refractivity contribution in [3.8, 4) is 0 Å². The van der Waals surface area contributed by atoms with Gasteiger partial charge in [0.15, 0.2) is 0 Å². The lowest BCUT2D eigenvalue weighted by Crippen LogP contribution is -2.60. The van der Waals surface area contributed by atoms with Crippen molar-refractivity contribution in [2.45, 2.75) is 51.1 Å². The van der Waals surface area contributed by atoms with Gasteiger partial charge in [0, 0.05) is 39.8 Å². The topological polar surface area (TPSA) is 35.6 Å². The number of nitrogens with zero attached hydrogens (tertiary/aromatic N) is 2. The van der Waals surface area contributed by atoms with Crippen LogP contribution in [0.15, 0.2) is 0 Å². The Hall–Kier alpha value is -0.610. The highest BCUT2D eigenvalue weighted by molar-refractivity contribution is 5.81. The first-order valence-corrected chi connectivity index (χ1v) is 7.81. The summed E-state index contributed by atoms with van der Waals surface area (Å²) in [6.45, 7) is 5.15. The van der Waals surface area contributed by atoms with Crippen LogP contribution < -0.4 is 5.32 Å². The largest absolute Gasteiger partial charge is 0.347 e. The van der Waals surface area contributed by atoms with Crippen molar-refractivity contribution in [3.63, 3.8) is 0 Å². The summed E-state index contributed by atoms with van der Waals surface area (Å²) in [5.41, 5.74) is 0. The van der Waals surface area contributed by atoms with E-state index < -0.39 is 0 Å². The molecule has 0 aromatic rings. The average molecular weight is 267 g/mol. The molecule has 2 aliphatic rings. The Morgan fingerprint density at radius 2 is 1.95 bits per heavy atom. The van der Waals surface area contributed by atoms with Gasteiger partial charge in [-0.3, -0.25) is 9.69 Å². The Bertz CT molecular complexity index is 298. The van der Waals surface area contributed by atoms with Crippen molar-refractivity contribution >= 4 is 5.91 Å². The van der Waals surface area contributed by atoms with Crippen LogP contribution in [0.3, 0.4) is 0 Å². The van der Waals surface area contributed by atoms with Crippen molar-refractivity contribution in [3.05, 3.63) is 0 Å². The van der Waals surface area contributed by atoms with Crippen LogP contribution >= 0.6 is 0 Å². The molecule has 1 atom stereocenters. The molecule has 2 fully saturated rings. The van der Waals surface area contributed by atoms with Gasteiger partial charge >= 0.3 is 0 Å². The molecular formula is C15H29N3O. The van der Waals surface area contributed by atoms with Crippen molar-refractivity contribution < 1.29 is 4.79 Å². The van der Waals surface area contributed by atoms with Gasteiger partial charge in [-0.25, -0.2) is 0 Å². The van der Waals surface area contributed by atoms with Crippen LogP contribution in [0.5, 0.6) is 0 Å². The van der Waals surface area contributed by atoms with Crippen LogP contribution in [0.25, 0.3) is 0 Å². The van der Waals surface area contributed by atoms with Gasteiger partial charge in [-0.1, -0.05) is 13.3 Å². The summed E-state index contributed by atoms with van der Waals surface area (Å²) in [6, 6.07) is 0.672. The first-order chi connectivity index (χ1) is 9.13. The SMILES string of the molecule is CCC1CCC(N2CCNCC2C(=O)N(C)C)CC1. The van der Waals surface area contributed by atoms with Crippen LogP contribution in [-0.4, -0.2) is 61.5 Å². The van der Waals surface area contributed by atoms with Gasteiger partial charge in [-0.05, 0) is 31.6 Å². The maximum atomic E-state index is 12.3. The van der Waals surface area contributed by atoms with E-state index in [9.17, 15) is 4.79 Å². The molecule has 1 N–H and O–H groups in total. The zero-order valence-electron chi connectivity index (χ0n) is 12.7. The molecule has 0 radical (unpaired) electrons. The summed E-state index contributed by atoms with van der Waals surface area (Å²) < 4.78 is 0. The first kappa shape index (κ1) is 14.8. The molecule has 1 saturated heterocycles. The molecule has 1 amide bonds. The Morgan fingerprint density at radius 3 is 2.53 bits per heavy atom. The third-order valence-corrected chi connectivity index (χ3v) is 4.87. The van der Waals surface area contributed by atoms with Crippen molar-refractivity contribution in [2.24, 2.45) is 5.92 Å². The molecular weight excluding hydrogens is 238 g/mol. The Labute approximate surface area is 117 Å². The van der Waals surface area contributed by atoms with Crippen LogP contribution in [0.1, 0.15) is 39.0 Å². The van der Waals surface area contributed by atoms with E-state index in [0.29, 0.717) is 6.04 Å². The molecule has 0 spiro atoms. The van der Waals surface area contributed by atoms with Crippen LogP contribution in [0, 0.1) is 5.92 Å². The Balaban J connectivity index is 1.98. The second-order valence-corrected chi connectivity index (χ2v) is 6.27. The van der Waals surface area contributed by atoms with E-state index in [1.54, 1.807) is 4.90 Å². The maximum absolute atomic E-state index is 12.3. The zero-order chi connectivity index (χ0) is 13.8. The van der Waals surface area contributed by atoms with Crippen molar-refractivity contribution in [2.75, 3.05) is 33.7 Å². The van der Waals surface area contributed by atoms with E-state index in [0.717, 1.165) is 25.6 Å². The minimum atomic E-state index is 0.0481. The quantitative estimate of drug-likeness (QED) is 0.837. The van der Waals surface area contributed by atoms with Gasteiger partial charge < -0.3 is 10.2 Å². The molecule has 4 nitrogen and oxygen atoms in total. The number of likely N-dealkylation sites (N-methyl/N-ethyl adjacent to an activating group) is 1. The molecule has 1 heterocycles. The van der Waals surface area contributed by atoms with E-state index in [1.165, 1.54) is 32.1 Å². The number of piperazine rings is 1. The molecule has 19 heavy (non-hydrogen) atoms. The molecule has 110 valence electrons. The fourth-order valence-electron chi connectivity index (χ4n) is 3.57. The molecule has 1 aliphatic carbocycles. The minimum absolute atomic E-state index is 0.0481. The van der Waals surface area contributed by atoms with E-state index >= 15 is 0 Å². The second-order valence-electron chi connectivity index (χ2n) is 6.27. The number of carbonyl (C=O) groups excluding carboxylic acids is 1. The smallest absolute Gasteiger partial charge is 0.240 e. The summed E-state index contributed by atoms with van der Waals surface area (Å²) in [4.78, 5) is 16.5. The Kier molecular flexibility index (Phi) is 5.22. The third kappa shape index (κ3) is 3.48. The fourth-order valence-corrected chi connectivity index (χ4v) is 3.57. The van der Waals surface area contributed by atoms with E-state index in [2.05, 4.69) is 17.1 Å². The first-order valence-electron chi connectivity index (χ1n) is 7.81. The zero-order valence-corrected chi connectivity index (χ0v) is 12.7. The van der Waals surface area contributed by atoms with Crippen molar-refractivity contribution in [1.29, 1.82) is 0 Å². The highest BCUT2D eigenvalue weighted by Crippen LogP contribution is 2.30. The van der Waals surface area contributed by atoms with Gasteiger partial charge in [-0.15, -0.1) is 0 Å². The number of nitrogens with one attached hydrogen (secondary N) is 1. The molecule has 0 aromatic heterocycles. The molecule has 1 unspecified atom stereocenters. The van der Waals surface area contributed by atoms with E-state index in [4.69, 9.17) is 0 Å². The molecule has 1 saturated carbocycles. The minimum Gasteiger partial charge on any atom is -0.347 e. The van der Waals surface area contributed by atoms with E-state index in [1.807, 2.05) is 14.1 Å².